The number of hydrogen-bond donors (Lipinski definition) is 4. The Balaban J connectivity index is 0.000000172. The van der Waals surface area contributed by atoms with Gasteiger partial charge >= 0.3 is 0 Å². The van der Waals surface area contributed by atoms with Gasteiger partial charge in [-0.25, -0.2) is 8.78 Å². The number of aromatic amines is 2. The van der Waals surface area contributed by atoms with Crippen molar-refractivity contribution in [2.45, 2.75) is 12.1 Å². The summed E-state index contributed by atoms with van der Waals surface area (Å²) in [5.41, 5.74) is 5.07. The Morgan fingerprint density at radius 1 is 0.589 bits per heavy atom. The maximum atomic E-state index is 13.5. The number of benzene rings is 4. The average Bonchev–Trinajstić information content (AvgIpc) is 3.86. The lowest BCUT2D eigenvalue weighted by molar-refractivity contribution is 0.0963. The molecule has 0 aliphatic heterocycles. The number of rotatable bonds is 12. The Hall–Kier alpha value is -7.34. The molecule has 4 aromatic heterocycles. The number of carbonyl (C=O) groups excluding carboxylic acids is 2. The van der Waals surface area contributed by atoms with Crippen molar-refractivity contribution in [3.05, 3.63) is 180 Å². The normalized spacial score (nSPS) is 11.9. The molecule has 0 aliphatic rings. The van der Waals surface area contributed by atoms with Gasteiger partial charge in [-0.2, -0.15) is 0 Å². The van der Waals surface area contributed by atoms with Gasteiger partial charge in [0, 0.05) is 105 Å². The topological polar surface area (TPSA) is 134 Å². The first-order valence-electron chi connectivity index (χ1n) is 17.5. The summed E-state index contributed by atoms with van der Waals surface area (Å²) in [6.07, 6.45) is 9.86. The van der Waals surface area contributed by atoms with E-state index in [4.69, 9.17) is 9.47 Å². The third-order valence-electron chi connectivity index (χ3n) is 9.14. The van der Waals surface area contributed by atoms with Gasteiger partial charge in [-0.05, 0) is 72.8 Å². The molecule has 4 heterocycles. The molecule has 0 amide bonds. The lowest BCUT2D eigenvalue weighted by Gasteiger charge is -2.19. The van der Waals surface area contributed by atoms with Crippen molar-refractivity contribution in [1.82, 2.24) is 19.9 Å². The third kappa shape index (κ3) is 8.24. The zero-order valence-electron chi connectivity index (χ0n) is 30.3. The molecule has 10 nitrogen and oxygen atoms in total. The monoisotopic (exact) mass is 750 g/mol. The fraction of sp³-hybridized carbons (Fsp3) is 0.0909. The van der Waals surface area contributed by atoms with Crippen LogP contribution < -0.4 is 20.1 Å². The number of ether oxygens (including phenoxy) is 2. The molecule has 0 saturated carbocycles. The maximum absolute atomic E-state index is 13.5. The summed E-state index contributed by atoms with van der Waals surface area (Å²) in [6, 6.07) is 29.3. The number of hydrogen-bond acceptors (Lipinski definition) is 8. The van der Waals surface area contributed by atoms with Crippen LogP contribution in [-0.2, 0) is 0 Å². The first kappa shape index (κ1) is 37.0. The Morgan fingerprint density at radius 3 is 1.43 bits per heavy atom. The Morgan fingerprint density at radius 2 is 1.04 bits per heavy atom. The fourth-order valence-corrected chi connectivity index (χ4v) is 6.37. The van der Waals surface area contributed by atoms with Crippen LogP contribution in [0.25, 0.3) is 21.8 Å². The number of pyridine rings is 2. The zero-order chi connectivity index (χ0) is 39.0. The van der Waals surface area contributed by atoms with Gasteiger partial charge in [-0.15, -0.1) is 0 Å². The predicted molar refractivity (Wildman–Crippen MR) is 212 cm³/mol. The van der Waals surface area contributed by atoms with E-state index in [1.807, 2.05) is 60.7 Å². The van der Waals surface area contributed by atoms with Gasteiger partial charge in [-0.3, -0.25) is 19.6 Å². The average molecular weight is 751 g/mol. The molecule has 56 heavy (non-hydrogen) atoms. The quantitative estimate of drug-likeness (QED) is 0.0908. The van der Waals surface area contributed by atoms with E-state index in [2.05, 4.69) is 30.6 Å². The first-order valence-corrected chi connectivity index (χ1v) is 17.5. The number of carbonyl (C=O) groups is 2. The number of halogens is 2. The standard InChI is InChI=1S/2C22H18FN3O2/c2*1-28-17-6-2-5-16(11-17)26-21(14-4-3-9-24-12-14)22(27)19-13-25-20-10-15(23)7-8-18(19)20/h2*2-13,21,25-26H,1H3. The molecule has 4 N–H and O–H groups in total. The van der Waals surface area contributed by atoms with Crippen LogP contribution in [0, 0.1) is 11.6 Å². The molecule has 8 rings (SSSR count). The van der Waals surface area contributed by atoms with E-state index in [1.54, 1.807) is 75.7 Å². The number of nitrogens with one attached hydrogen (secondary N) is 4. The Kier molecular flexibility index (Phi) is 11.1. The van der Waals surface area contributed by atoms with Crippen molar-refractivity contribution in [1.29, 1.82) is 0 Å². The number of ketones is 2. The van der Waals surface area contributed by atoms with Gasteiger partial charge in [0.25, 0.3) is 0 Å². The van der Waals surface area contributed by atoms with Gasteiger partial charge in [0.1, 0.15) is 35.2 Å². The highest BCUT2D eigenvalue weighted by molar-refractivity contribution is 6.12. The summed E-state index contributed by atoms with van der Waals surface area (Å²) in [6.45, 7) is 0. The summed E-state index contributed by atoms with van der Waals surface area (Å²) in [7, 11) is 3.18. The number of nitrogens with zero attached hydrogens (tertiary/aromatic N) is 2. The highest BCUT2D eigenvalue weighted by Crippen LogP contribution is 2.31. The van der Waals surface area contributed by atoms with E-state index in [9.17, 15) is 18.4 Å². The van der Waals surface area contributed by atoms with Gasteiger partial charge in [-0.1, -0.05) is 24.3 Å². The molecule has 0 aliphatic carbocycles. The van der Waals surface area contributed by atoms with Crippen molar-refractivity contribution >= 4 is 44.7 Å². The number of methoxy groups -OCH3 is 2. The molecule has 8 aromatic rings. The summed E-state index contributed by atoms with van der Waals surface area (Å²) < 4.78 is 37.5. The number of aromatic nitrogens is 4. The van der Waals surface area contributed by atoms with Crippen LogP contribution in [0.5, 0.6) is 11.5 Å². The molecule has 2 unspecified atom stereocenters. The molecular weight excluding hydrogens is 715 g/mol. The van der Waals surface area contributed by atoms with E-state index in [-0.39, 0.29) is 23.2 Å². The first-order chi connectivity index (χ1) is 27.3. The van der Waals surface area contributed by atoms with Crippen molar-refractivity contribution in [3.63, 3.8) is 0 Å². The van der Waals surface area contributed by atoms with Crippen LogP contribution in [-0.4, -0.2) is 45.7 Å². The van der Waals surface area contributed by atoms with Crippen molar-refractivity contribution in [2.24, 2.45) is 0 Å². The minimum atomic E-state index is -0.662. The number of H-pyrrole nitrogens is 2. The molecule has 280 valence electrons. The van der Waals surface area contributed by atoms with E-state index in [1.165, 1.54) is 24.3 Å². The highest BCUT2D eigenvalue weighted by atomic mass is 19.1. The second-order valence-corrected chi connectivity index (χ2v) is 12.7. The van der Waals surface area contributed by atoms with Gasteiger partial charge < -0.3 is 30.1 Å². The highest BCUT2D eigenvalue weighted by Gasteiger charge is 2.26. The number of anilines is 2. The Labute approximate surface area is 320 Å². The van der Waals surface area contributed by atoms with Crippen molar-refractivity contribution < 1.29 is 27.8 Å². The summed E-state index contributed by atoms with van der Waals surface area (Å²) in [4.78, 5) is 41.1. The largest absolute Gasteiger partial charge is 0.497 e. The van der Waals surface area contributed by atoms with E-state index < -0.39 is 12.1 Å². The zero-order valence-corrected chi connectivity index (χ0v) is 30.3. The van der Waals surface area contributed by atoms with Crippen molar-refractivity contribution in [3.8, 4) is 11.5 Å². The molecule has 0 radical (unpaired) electrons. The molecular formula is C44H36F2N6O4. The smallest absolute Gasteiger partial charge is 0.191 e. The van der Waals surface area contributed by atoms with E-state index in [0.29, 0.717) is 44.4 Å². The molecule has 0 fully saturated rings. The fourth-order valence-electron chi connectivity index (χ4n) is 6.37. The predicted octanol–water partition coefficient (Wildman–Crippen LogP) is 9.49. The van der Waals surface area contributed by atoms with Gasteiger partial charge in [0.05, 0.1) is 14.2 Å². The van der Waals surface area contributed by atoms with Gasteiger partial charge in [0.15, 0.2) is 11.6 Å². The third-order valence-corrected chi connectivity index (χ3v) is 9.14. The molecule has 0 spiro atoms. The molecule has 4 aromatic carbocycles. The molecule has 2 atom stereocenters. The summed E-state index contributed by atoms with van der Waals surface area (Å²) >= 11 is 0. The van der Waals surface area contributed by atoms with Crippen molar-refractivity contribution in [2.75, 3.05) is 24.9 Å². The van der Waals surface area contributed by atoms with Crippen LogP contribution >= 0.6 is 0 Å². The SMILES string of the molecule is COc1cccc(NC(C(=O)c2c[nH]c3cc(F)ccc23)c2cccnc2)c1.COc1cccc(NC(C(=O)c2c[nH]c3cc(F)ccc23)c2cccnc2)c1. The Bertz CT molecular complexity index is 2430. The summed E-state index contributed by atoms with van der Waals surface area (Å²) in [5.74, 6) is 0.371. The second-order valence-electron chi connectivity index (χ2n) is 12.7. The van der Waals surface area contributed by atoms with Crippen LogP contribution in [0.4, 0.5) is 20.2 Å². The van der Waals surface area contributed by atoms with Crippen LogP contribution in [0.3, 0.4) is 0 Å². The number of Topliss-reactive ketones (excluding diaryl/α,β-unsaturated/α-hetero) is 2. The minimum absolute atomic E-state index is 0.145. The maximum Gasteiger partial charge on any atom is 0.191 e. The lowest BCUT2D eigenvalue weighted by atomic mass is 9.97. The number of fused-ring (bicyclic) bond motifs is 2. The van der Waals surface area contributed by atoms with E-state index in [0.717, 1.165) is 22.5 Å². The lowest BCUT2D eigenvalue weighted by Crippen LogP contribution is -2.21. The second kappa shape index (κ2) is 16.8. The minimum Gasteiger partial charge on any atom is -0.497 e. The van der Waals surface area contributed by atoms with Crippen LogP contribution in [0.1, 0.15) is 43.9 Å². The van der Waals surface area contributed by atoms with Gasteiger partial charge in [0.2, 0.25) is 0 Å². The van der Waals surface area contributed by atoms with E-state index >= 15 is 0 Å². The van der Waals surface area contributed by atoms with Crippen LogP contribution in [0.2, 0.25) is 0 Å². The molecule has 0 bridgehead atoms. The summed E-state index contributed by atoms with van der Waals surface area (Å²) in [5, 5.41) is 7.90. The van der Waals surface area contributed by atoms with Crippen LogP contribution in [0.15, 0.2) is 146 Å². The molecule has 0 saturated heterocycles. The molecule has 12 heteroatoms.